The van der Waals surface area contributed by atoms with Crippen LogP contribution in [-0.2, 0) is 11.3 Å². The van der Waals surface area contributed by atoms with E-state index in [4.69, 9.17) is 4.74 Å². The predicted molar refractivity (Wildman–Crippen MR) is 61.1 cm³/mol. The Morgan fingerprint density at radius 3 is 3.12 bits per heavy atom. The van der Waals surface area contributed by atoms with Crippen LogP contribution in [0, 0.1) is 0 Å². The Hall–Kier alpha value is -0.940. The number of aromatic nitrogens is 3. The summed E-state index contributed by atoms with van der Waals surface area (Å²) < 4.78 is 7.53. The molecule has 0 radical (unpaired) electrons. The molecule has 2 rings (SSSR count). The van der Waals surface area contributed by atoms with Crippen molar-refractivity contribution >= 4 is 0 Å². The third-order valence-corrected chi connectivity index (χ3v) is 2.77. The molecule has 1 fully saturated rings. The number of nitrogens with one attached hydrogen (secondary N) is 1. The van der Waals surface area contributed by atoms with Crippen LogP contribution in [0.5, 0.6) is 0 Å². The molecule has 0 aromatic carbocycles. The fraction of sp³-hybridized carbons (Fsp3) is 0.818. The standard InChI is InChI=1S/C11H20N4O/c1-3-16-7-9(2)12-6-11-14-13-8-15(11)10-4-5-10/h8-10,12H,3-7H2,1-2H3. The van der Waals surface area contributed by atoms with Gasteiger partial charge in [-0.3, -0.25) is 0 Å². The molecule has 1 saturated carbocycles. The van der Waals surface area contributed by atoms with Gasteiger partial charge in [0, 0.05) is 18.7 Å². The van der Waals surface area contributed by atoms with Crippen molar-refractivity contribution in [3.05, 3.63) is 12.2 Å². The van der Waals surface area contributed by atoms with Gasteiger partial charge in [-0.15, -0.1) is 10.2 Å². The fourth-order valence-corrected chi connectivity index (χ4v) is 1.67. The summed E-state index contributed by atoms with van der Waals surface area (Å²) in [5.41, 5.74) is 0. The Labute approximate surface area is 96.2 Å². The van der Waals surface area contributed by atoms with Gasteiger partial charge in [-0.25, -0.2) is 0 Å². The van der Waals surface area contributed by atoms with Gasteiger partial charge in [-0.2, -0.15) is 0 Å². The van der Waals surface area contributed by atoms with E-state index in [-0.39, 0.29) is 0 Å². The van der Waals surface area contributed by atoms with Crippen LogP contribution >= 0.6 is 0 Å². The van der Waals surface area contributed by atoms with E-state index in [0.717, 1.165) is 25.6 Å². The third kappa shape index (κ3) is 3.02. The summed E-state index contributed by atoms with van der Waals surface area (Å²) in [6.07, 6.45) is 4.36. The largest absolute Gasteiger partial charge is 0.380 e. The molecule has 5 heteroatoms. The van der Waals surface area contributed by atoms with Crippen molar-refractivity contribution in [3.8, 4) is 0 Å². The van der Waals surface area contributed by atoms with Crippen LogP contribution in [-0.4, -0.2) is 34.0 Å². The minimum absolute atomic E-state index is 0.351. The van der Waals surface area contributed by atoms with Gasteiger partial charge >= 0.3 is 0 Å². The molecule has 1 atom stereocenters. The molecule has 0 amide bonds. The Morgan fingerprint density at radius 1 is 1.62 bits per heavy atom. The minimum Gasteiger partial charge on any atom is -0.380 e. The molecular formula is C11H20N4O. The normalized spacial score (nSPS) is 17.6. The molecule has 1 aliphatic rings. The lowest BCUT2D eigenvalue weighted by molar-refractivity contribution is 0.126. The highest BCUT2D eigenvalue weighted by Gasteiger charge is 2.25. The van der Waals surface area contributed by atoms with Crippen molar-refractivity contribution in [2.45, 2.75) is 45.3 Å². The summed E-state index contributed by atoms with van der Waals surface area (Å²) in [6, 6.07) is 0.998. The van der Waals surface area contributed by atoms with Crippen LogP contribution in [0.4, 0.5) is 0 Å². The van der Waals surface area contributed by atoms with E-state index in [9.17, 15) is 0 Å². The first-order chi connectivity index (χ1) is 7.81. The van der Waals surface area contributed by atoms with Gasteiger partial charge < -0.3 is 14.6 Å². The highest BCUT2D eigenvalue weighted by Crippen LogP contribution is 2.35. The average Bonchev–Trinajstić information content (AvgIpc) is 3.03. The minimum atomic E-state index is 0.351. The summed E-state index contributed by atoms with van der Waals surface area (Å²) in [4.78, 5) is 0. The van der Waals surface area contributed by atoms with E-state index in [0.29, 0.717) is 12.1 Å². The van der Waals surface area contributed by atoms with Gasteiger partial charge in [0.2, 0.25) is 0 Å². The number of rotatable bonds is 7. The van der Waals surface area contributed by atoms with Crippen molar-refractivity contribution in [1.29, 1.82) is 0 Å². The molecule has 1 aliphatic carbocycles. The quantitative estimate of drug-likeness (QED) is 0.754. The highest BCUT2D eigenvalue weighted by molar-refractivity contribution is 4.94. The summed E-state index contributed by atoms with van der Waals surface area (Å²) in [7, 11) is 0. The summed E-state index contributed by atoms with van der Waals surface area (Å²) in [5.74, 6) is 1.03. The van der Waals surface area contributed by atoms with Gasteiger partial charge in [0.15, 0.2) is 0 Å². The van der Waals surface area contributed by atoms with E-state index in [1.807, 2.05) is 13.3 Å². The fourth-order valence-electron chi connectivity index (χ4n) is 1.67. The number of hydrogen-bond acceptors (Lipinski definition) is 4. The van der Waals surface area contributed by atoms with Crippen molar-refractivity contribution in [2.75, 3.05) is 13.2 Å². The zero-order chi connectivity index (χ0) is 11.4. The first kappa shape index (κ1) is 11.5. The molecule has 0 bridgehead atoms. The maximum atomic E-state index is 5.35. The maximum Gasteiger partial charge on any atom is 0.147 e. The van der Waals surface area contributed by atoms with E-state index >= 15 is 0 Å². The monoisotopic (exact) mass is 224 g/mol. The SMILES string of the molecule is CCOCC(C)NCc1nncn1C1CC1. The van der Waals surface area contributed by atoms with Gasteiger partial charge in [-0.05, 0) is 26.7 Å². The lowest BCUT2D eigenvalue weighted by atomic mass is 10.3. The Kier molecular flexibility index (Phi) is 3.90. The molecule has 0 spiro atoms. The number of hydrogen-bond donors (Lipinski definition) is 1. The van der Waals surface area contributed by atoms with Crippen LogP contribution in [0.1, 0.15) is 38.6 Å². The van der Waals surface area contributed by atoms with E-state index in [1.165, 1.54) is 12.8 Å². The number of nitrogens with zero attached hydrogens (tertiary/aromatic N) is 3. The zero-order valence-corrected chi connectivity index (χ0v) is 10.0. The highest BCUT2D eigenvalue weighted by atomic mass is 16.5. The molecule has 1 aromatic rings. The molecule has 1 heterocycles. The molecule has 0 aliphatic heterocycles. The average molecular weight is 224 g/mol. The Balaban J connectivity index is 1.77. The van der Waals surface area contributed by atoms with Gasteiger partial charge in [0.1, 0.15) is 12.2 Å². The molecular weight excluding hydrogens is 204 g/mol. The topological polar surface area (TPSA) is 52.0 Å². The van der Waals surface area contributed by atoms with E-state index in [1.54, 1.807) is 0 Å². The smallest absolute Gasteiger partial charge is 0.147 e. The molecule has 16 heavy (non-hydrogen) atoms. The van der Waals surface area contributed by atoms with Crippen molar-refractivity contribution < 1.29 is 4.74 Å². The van der Waals surface area contributed by atoms with Crippen LogP contribution in [0.25, 0.3) is 0 Å². The van der Waals surface area contributed by atoms with Crippen LogP contribution in [0.3, 0.4) is 0 Å². The van der Waals surface area contributed by atoms with Crippen molar-refractivity contribution in [1.82, 2.24) is 20.1 Å². The molecule has 90 valence electrons. The zero-order valence-electron chi connectivity index (χ0n) is 10.0. The van der Waals surface area contributed by atoms with Crippen LogP contribution < -0.4 is 5.32 Å². The summed E-state index contributed by atoms with van der Waals surface area (Å²) in [6.45, 7) is 6.41. The van der Waals surface area contributed by atoms with Gasteiger partial charge in [-0.1, -0.05) is 0 Å². The summed E-state index contributed by atoms with van der Waals surface area (Å²) >= 11 is 0. The number of ether oxygens (including phenoxy) is 1. The van der Waals surface area contributed by atoms with Crippen molar-refractivity contribution in [3.63, 3.8) is 0 Å². The molecule has 1 unspecified atom stereocenters. The Bertz CT molecular complexity index is 322. The van der Waals surface area contributed by atoms with E-state index < -0.39 is 0 Å². The van der Waals surface area contributed by atoms with E-state index in [2.05, 4.69) is 27.0 Å². The first-order valence-corrected chi connectivity index (χ1v) is 6.00. The third-order valence-electron chi connectivity index (χ3n) is 2.77. The second-order valence-corrected chi connectivity index (χ2v) is 4.33. The van der Waals surface area contributed by atoms with Gasteiger partial charge in [0.05, 0.1) is 13.2 Å². The lowest BCUT2D eigenvalue weighted by Gasteiger charge is -2.13. The Morgan fingerprint density at radius 2 is 2.44 bits per heavy atom. The van der Waals surface area contributed by atoms with Crippen LogP contribution in [0.2, 0.25) is 0 Å². The maximum absolute atomic E-state index is 5.35. The molecule has 1 aromatic heterocycles. The molecule has 1 N–H and O–H groups in total. The molecule has 5 nitrogen and oxygen atoms in total. The second kappa shape index (κ2) is 5.41. The predicted octanol–water partition coefficient (Wildman–Crippen LogP) is 1.13. The molecule has 0 saturated heterocycles. The summed E-state index contributed by atoms with van der Waals surface area (Å²) in [5, 5.41) is 11.5. The van der Waals surface area contributed by atoms with Crippen LogP contribution in [0.15, 0.2) is 6.33 Å². The second-order valence-electron chi connectivity index (χ2n) is 4.33. The first-order valence-electron chi connectivity index (χ1n) is 6.00. The van der Waals surface area contributed by atoms with Crippen molar-refractivity contribution in [2.24, 2.45) is 0 Å². The van der Waals surface area contributed by atoms with Gasteiger partial charge in [0.25, 0.3) is 0 Å². The lowest BCUT2D eigenvalue weighted by Crippen LogP contribution is -2.31.